The van der Waals surface area contributed by atoms with Crippen LogP contribution in [0.3, 0.4) is 0 Å². The van der Waals surface area contributed by atoms with Crippen LogP contribution in [0.4, 0.5) is 0 Å². The number of fused-ring (bicyclic) bond motifs is 1. The van der Waals surface area contributed by atoms with Crippen LogP contribution >= 0.6 is 0 Å². The van der Waals surface area contributed by atoms with Gasteiger partial charge in [-0.2, -0.15) is 0 Å². The fourth-order valence-electron chi connectivity index (χ4n) is 2.79. The van der Waals surface area contributed by atoms with Gasteiger partial charge in [0.1, 0.15) is 0 Å². The van der Waals surface area contributed by atoms with Crippen LogP contribution < -0.4 is 0 Å². The summed E-state index contributed by atoms with van der Waals surface area (Å²) in [5.41, 5.74) is 1.37. The number of hydrogen-bond donors (Lipinski definition) is 0. The maximum absolute atomic E-state index is 2.43. The Balaban J connectivity index is 2.16. The van der Waals surface area contributed by atoms with Crippen LogP contribution in [0.2, 0.25) is 0 Å². The minimum atomic E-state index is 0.746. The van der Waals surface area contributed by atoms with E-state index in [1.54, 1.807) is 0 Å². The summed E-state index contributed by atoms with van der Waals surface area (Å²) in [4.78, 5) is 0. The van der Waals surface area contributed by atoms with E-state index in [0.717, 1.165) is 24.3 Å². The quantitative estimate of drug-likeness (QED) is 0.657. The highest BCUT2D eigenvalue weighted by atomic mass is 15.0. The zero-order chi connectivity index (χ0) is 13.8. The molecule has 0 amide bonds. The van der Waals surface area contributed by atoms with Crippen LogP contribution in [-0.2, 0) is 6.54 Å². The minimum Gasteiger partial charge on any atom is -0.347 e. The minimum absolute atomic E-state index is 0.746. The van der Waals surface area contributed by atoms with Crippen molar-refractivity contribution in [3.8, 4) is 0 Å². The molecule has 0 aliphatic heterocycles. The predicted molar refractivity (Wildman–Crippen MR) is 84.3 cm³/mol. The molecule has 1 nitrogen and oxygen atoms in total. The fourth-order valence-corrected chi connectivity index (χ4v) is 2.79. The first-order chi connectivity index (χ1) is 9.11. The van der Waals surface area contributed by atoms with Crippen molar-refractivity contribution < 1.29 is 0 Å². The highest BCUT2D eigenvalue weighted by Crippen LogP contribution is 2.26. The third kappa shape index (κ3) is 3.40. The van der Waals surface area contributed by atoms with E-state index in [2.05, 4.69) is 68.8 Å². The maximum Gasteiger partial charge on any atom is 0.0480 e. The first-order valence-corrected chi connectivity index (χ1v) is 7.65. The molecule has 1 heteroatoms. The zero-order valence-corrected chi connectivity index (χ0v) is 12.8. The van der Waals surface area contributed by atoms with Crippen LogP contribution in [0.25, 0.3) is 10.9 Å². The highest BCUT2D eigenvalue weighted by Gasteiger charge is 2.17. The van der Waals surface area contributed by atoms with Gasteiger partial charge in [0.2, 0.25) is 0 Å². The Bertz CT molecular complexity index is 509. The Kier molecular flexibility index (Phi) is 4.68. The highest BCUT2D eigenvalue weighted by molar-refractivity contribution is 5.79. The largest absolute Gasteiger partial charge is 0.347 e. The van der Waals surface area contributed by atoms with Gasteiger partial charge in [-0.15, -0.1) is 0 Å². The molecule has 19 heavy (non-hydrogen) atoms. The Morgan fingerprint density at radius 2 is 1.79 bits per heavy atom. The summed E-state index contributed by atoms with van der Waals surface area (Å²) in [6.45, 7) is 10.5. The molecule has 2 rings (SSSR count). The average Bonchev–Trinajstić information content (AvgIpc) is 2.81. The van der Waals surface area contributed by atoms with E-state index < -0.39 is 0 Å². The Hall–Kier alpha value is -1.24. The first-order valence-electron chi connectivity index (χ1n) is 7.65. The third-order valence-electron chi connectivity index (χ3n) is 4.46. The number of benzene rings is 1. The maximum atomic E-state index is 2.43. The van der Waals surface area contributed by atoms with E-state index in [-0.39, 0.29) is 0 Å². The molecule has 0 saturated carbocycles. The molecule has 0 N–H and O–H groups in total. The average molecular weight is 257 g/mol. The predicted octanol–water partition coefficient (Wildman–Crippen LogP) is 5.35. The molecule has 0 bridgehead atoms. The van der Waals surface area contributed by atoms with Gasteiger partial charge in [-0.3, -0.25) is 0 Å². The lowest BCUT2D eigenvalue weighted by atomic mass is 9.86. The number of nitrogens with zero attached hydrogens (tertiary/aromatic N) is 1. The fraction of sp³-hybridized carbons (Fsp3) is 0.556. The molecule has 1 heterocycles. The van der Waals surface area contributed by atoms with E-state index in [4.69, 9.17) is 0 Å². The van der Waals surface area contributed by atoms with Gasteiger partial charge in [0.05, 0.1) is 0 Å². The molecular formula is C18H27N. The van der Waals surface area contributed by atoms with E-state index in [0.29, 0.717) is 0 Å². The van der Waals surface area contributed by atoms with Gasteiger partial charge in [0.25, 0.3) is 0 Å². The van der Waals surface area contributed by atoms with Crippen molar-refractivity contribution in [2.24, 2.45) is 17.8 Å². The lowest BCUT2D eigenvalue weighted by Gasteiger charge is -2.25. The molecule has 0 radical (unpaired) electrons. The summed E-state index contributed by atoms with van der Waals surface area (Å²) in [6, 6.07) is 10.9. The van der Waals surface area contributed by atoms with Crippen LogP contribution in [0.5, 0.6) is 0 Å². The molecule has 2 unspecified atom stereocenters. The van der Waals surface area contributed by atoms with Crippen molar-refractivity contribution in [2.75, 3.05) is 0 Å². The van der Waals surface area contributed by atoms with Gasteiger partial charge in [-0.05, 0) is 41.7 Å². The zero-order valence-electron chi connectivity index (χ0n) is 12.8. The third-order valence-corrected chi connectivity index (χ3v) is 4.46. The van der Waals surface area contributed by atoms with Crippen LogP contribution in [0, 0.1) is 17.8 Å². The topological polar surface area (TPSA) is 4.93 Å². The van der Waals surface area contributed by atoms with Crippen molar-refractivity contribution in [1.29, 1.82) is 0 Å². The summed E-state index contributed by atoms with van der Waals surface area (Å²) < 4.78 is 2.43. The summed E-state index contributed by atoms with van der Waals surface area (Å²) in [5.74, 6) is 2.34. The van der Waals surface area contributed by atoms with E-state index >= 15 is 0 Å². The summed E-state index contributed by atoms with van der Waals surface area (Å²) >= 11 is 0. The van der Waals surface area contributed by atoms with E-state index in [1.165, 1.54) is 23.7 Å². The number of hydrogen-bond acceptors (Lipinski definition) is 0. The summed E-state index contributed by atoms with van der Waals surface area (Å²) in [5, 5.41) is 1.36. The molecule has 0 saturated heterocycles. The van der Waals surface area contributed by atoms with Crippen LogP contribution in [-0.4, -0.2) is 4.57 Å². The van der Waals surface area contributed by atoms with Crippen LogP contribution in [0.15, 0.2) is 36.5 Å². The van der Waals surface area contributed by atoms with Gasteiger partial charge in [0, 0.05) is 18.3 Å². The first kappa shape index (κ1) is 14.2. The number of rotatable bonds is 6. The SMILES string of the molecule is CCC(C)CC(Cn1ccc2ccccc21)C(C)C. The van der Waals surface area contributed by atoms with E-state index in [9.17, 15) is 0 Å². The van der Waals surface area contributed by atoms with Crippen molar-refractivity contribution in [3.05, 3.63) is 36.5 Å². The second kappa shape index (κ2) is 6.27. The van der Waals surface area contributed by atoms with Crippen LogP contribution in [0.1, 0.15) is 40.5 Å². The smallest absolute Gasteiger partial charge is 0.0480 e. The summed E-state index contributed by atoms with van der Waals surface area (Å²) in [7, 11) is 0. The molecule has 2 atom stereocenters. The van der Waals surface area contributed by atoms with Crippen molar-refractivity contribution in [3.63, 3.8) is 0 Å². The molecule has 0 fully saturated rings. The van der Waals surface area contributed by atoms with Gasteiger partial charge < -0.3 is 4.57 Å². The second-order valence-electron chi connectivity index (χ2n) is 6.28. The van der Waals surface area contributed by atoms with Crippen molar-refractivity contribution in [2.45, 2.75) is 47.1 Å². The normalized spacial score (nSPS) is 15.0. The molecular weight excluding hydrogens is 230 g/mol. The molecule has 0 aliphatic rings. The van der Waals surface area contributed by atoms with Gasteiger partial charge in [-0.1, -0.05) is 52.3 Å². The van der Waals surface area contributed by atoms with Crippen molar-refractivity contribution in [1.82, 2.24) is 4.57 Å². The lowest BCUT2D eigenvalue weighted by Crippen LogP contribution is -2.18. The molecule has 1 aromatic carbocycles. The lowest BCUT2D eigenvalue weighted by molar-refractivity contribution is 0.272. The molecule has 0 aliphatic carbocycles. The van der Waals surface area contributed by atoms with Gasteiger partial charge in [0.15, 0.2) is 0 Å². The Morgan fingerprint density at radius 3 is 2.47 bits per heavy atom. The van der Waals surface area contributed by atoms with E-state index in [1.807, 2.05) is 0 Å². The molecule has 0 spiro atoms. The number of aromatic nitrogens is 1. The molecule has 104 valence electrons. The Morgan fingerprint density at radius 1 is 1.05 bits per heavy atom. The summed E-state index contributed by atoms with van der Waals surface area (Å²) in [6.07, 6.45) is 4.87. The monoisotopic (exact) mass is 257 g/mol. The standard InChI is InChI=1S/C18H27N/c1-5-15(4)12-17(14(2)3)13-19-11-10-16-8-6-7-9-18(16)19/h6-11,14-15,17H,5,12-13H2,1-4H3. The second-order valence-corrected chi connectivity index (χ2v) is 6.28. The van der Waals surface area contributed by atoms with Gasteiger partial charge >= 0.3 is 0 Å². The molecule has 2 aromatic rings. The number of para-hydroxylation sites is 1. The van der Waals surface area contributed by atoms with Gasteiger partial charge in [-0.25, -0.2) is 0 Å². The van der Waals surface area contributed by atoms with Crippen molar-refractivity contribution >= 4 is 10.9 Å². The Labute approximate surface area is 117 Å². The molecule has 1 aromatic heterocycles.